The van der Waals surface area contributed by atoms with Gasteiger partial charge >= 0.3 is 0 Å². The molecule has 0 unspecified atom stereocenters. The summed E-state index contributed by atoms with van der Waals surface area (Å²) in [5.41, 5.74) is 4.54. The molecule has 3 nitrogen and oxygen atoms in total. The minimum absolute atomic E-state index is 0.927. The highest BCUT2D eigenvalue weighted by Gasteiger charge is 2.13. The van der Waals surface area contributed by atoms with E-state index in [1.165, 1.54) is 31.6 Å². The van der Waals surface area contributed by atoms with Gasteiger partial charge in [-0.1, -0.05) is 28.1 Å². The van der Waals surface area contributed by atoms with Crippen LogP contribution < -0.4 is 4.90 Å². The summed E-state index contributed by atoms with van der Waals surface area (Å²) in [5.74, 6) is 0.927. The van der Waals surface area contributed by atoms with Crippen LogP contribution in [0.4, 0.5) is 5.69 Å². The molecule has 3 aromatic rings. The number of nitrogens with zero attached hydrogens (tertiary/aromatic N) is 2. The van der Waals surface area contributed by atoms with Crippen LogP contribution in [0.1, 0.15) is 12.8 Å². The molecule has 0 atom stereocenters. The Labute approximate surface area is 132 Å². The predicted molar refractivity (Wildman–Crippen MR) is 90.7 cm³/mol. The Morgan fingerprint density at radius 2 is 1.76 bits per heavy atom. The Kier molecular flexibility index (Phi) is 3.19. The molecule has 0 spiro atoms. The molecule has 0 bridgehead atoms. The fourth-order valence-electron chi connectivity index (χ4n) is 2.91. The van der Waals surface area contributed by atoms with Crippen molar-refractivity contribution in [3.05, 3.63) is 46.9 Å². The van der Waals surface area contributed by atoms with Gasteiger partial charge in [-0.2, -0.15) is 0 Å². The number of anilines is 1. The molecule has 0 saturated carbocycles. The number of halogens is 1. The zero-order chi connectivity index (χ0) is 14.2. The maximum Gasteiger partial charge on any atom is 0.138 e. The van der Waals surface area contributed by atoms with E-state index in [0.717, 1.165) is 26.9 Å². The van der Waals surface area contributed by atoms with Gasteiger partial charge in [0.1, 0.15) is 5.82 Å². The van der Waals surface area contributed by atoms with Crippen LogP contribution in [-0.2, 0) is 0 Å². The summed E-state index contributed by atoms with van der Waals surface area (Å²) in [7, 11) is 0. The van der Waals surface area contributed by atoms with Crippen LogP contribution in [0, 0.1) is 0 Å². The first-order chi connectivity index (χ1) is 10.3. The van der Waals surface area contributed by atoms with E-state index in [4.69, 9.17) is 4.98 Å². The van der Waals surface area contributed by atoms with Gasteiger partial charge in [-0.05, 0) is 43.2 Å². The van der Waals surface area contributed by atoms with Gasteiger partial charge in [0.15, 0.2) is 0 Å². The molecular weight excluding hydrogens is 326 g/mol. The zero-order valence-corrected chi connectivity index (χ0v) is 13.2. The van der Waals surface area contributed by atoms with Gasteiger partial charge in [0, 0.05) is 28.8 Å². The summed E-state index contributed by atoms with van der Waals surface area (Å²) in [6.45, 7) is 2.33. The number of aromatic amines is 1. The monoisotopic (exact) mass is 341 g/mol. The normalized spacial score (nSPS) is 15.0. The average molecular weight is 342 g/mol. The second-order valence-electron chi connectivity index (χ2n) is 5.49. The lowest BCUT2D eigenvalue weighted by Gasteiger charge is -2.17. The number of hydrogen-bond donors (Lipinski definition) is 1. The number of hydrogen-bond acceptors (Lipinski definition) is 2. The Bertz CT molecular complexity index is 770. The highest BCUT2D eigenvalue weighted by atomic mass is 79.9. The van der Waals surface area contributed by atoms with E-state index >= 15 is 0 Å². The van der Waals surface area contributed by atoms with Crippen LogP contribution in [0.15, 0.2) is 46.9 Å². The fourth-order valence-corrected chi connectivity index (χ4v) is 3.18. The molecule has 0 aliphatic carbocycles. The van der Waals surface area contributed by atoms with Crippen LogP contribution in [0.25, 0.3) is 22.4 Å². The predicted octanol–water partition coefficient (Wildman–Crippen LogP) is 4.59. The fraction of sp³-hybridized carbons (Fsp3) is 0.235. The van der Waals surface area contributed by atoms with Crippen molar-refractivity contribution in [1.82, 2.24) is 9.97 Å². The smallest absolute Gasteiger partial charge is 0.138 e. The first kappa shape index (κ1) is 12.9. The van der Waals surface area contributed by atoms with Gasteiger partial charge < -0.3 is 9.88 Å². The van der Waals surface area contributed by atoms with Crippen LogP contribution in [0.5, 0.6) is 0 Å². The van der Waals surface area contributed by atoms with Gasteiger partial charge in [0.2, 0.25) is 0 Å². The molecule has 1 aliphatic heterocycles. The molecule has 0 amide bonds. The minimum Gasteiger partial charge on any atom is -0.371 e. The van der Waals surface area contributed by atoms with E-state index in [-0.39, 0.29) is 0 Å². The summed E-state index contributed by atoms with van der Waals surface area (Å²) in [4.78, 5) is 10.6. The molecule has 1 aliphatic rings. The number of nitrogens with one attached hydrogen (secondary N) is 1. The van der Waals surface area contributed by atoms with Crippen molar-refractivity contribution in [2.45, 2.75) is 12.8 Å². The molecule has 4 rings (SSSR count). The maximum atomic E-state index is 4.69. The largest absolute Gasteiger partial charge is 0.371 e. The Balaban J connectivity index is 1.73. The number of fused-ring (bicyclic) bond motifs is 1. The van der Waals surface area contributed by atoms with Crippen LogP contribution in [0.3, 0.4) is 0 Å². The second-order valence-corrected chi connectivity index (χ2v) is 6.40. The third-order valence-electron chi connectivity index (χ3n) is 4.05. The van der Waals surface area contributed by atoms with Crippen molar-refractivity contribution in [3.63, 3.8) is 0 Å². The molecule has 2 heterocycles. The SMILES string of the molecule is Brc1ccc(-c2nc3ccc(N4CCCC4)cc3[nH]2)cc1. The molecule has 1 saturated heterocycles. The molecule has 1 N–H and O–H groups in total. The Hall–Kier alpha value is -1.81. The van der Waals surface area contributed by atoms with Gasteiger partial charge in [-0.3, -0.25) is 0 Å². The van der Waals surface area contributed by atoms with E-state index in [1.54, 1.807) is 0 Å². The van der Waals surface area contributed by atoms with Crippen molar-refractivity contribution >= 4 is 32.7 Å². The van der Waals surface area contributed by atoms with E-state index in [1.807, 2.05) is 12.1 Å². The lowest BCUT2D eigenvalue weighted by molar-refractivity contribution is 0.949. The number of benzene rings is 2. The van der Waals surface area contributed by atoms with Gasteiger partial charge in [0.05, 0.1) is 11.0 Å². The summed E-state index contributed by atoms with van der Waals surface area (Å²) < 4.78 is 1.08. The quantitative estimate of drug-likeness (QED) is 0.739. The van der Waals surface area contributed by atoms with Gasteiger partial charge in [0.25, 0.3) is 0 Å². The maximum absolute atomic E-state index is 4.69. The van der Waals surface area contributed by atoms with Crippen molar-refractivity contribution in [2.75, 3.05) is 18.0 Å². The number of aromatic nitrogens is 2. The third kappa shape index (κ3) is 2.44. The molecule has 4 heteroatoms. The average Bonchev–Trinajstić information content (AvgIpc) is 3.16. The zero-order valence-electron chi connectivity index (χ0n) is 11.6. The number of H-pyrrole nitrogens is 1. The molecule has 21 heavy (non-hydrogen) atoms. The van der Waals surface area contributed by atoms with Crippen molar-refractivity contribution in [2.24, 2.45) is 0 Å². The van der Waals surface area contributed by atoms with Crippen molar-refractivity contribution in [1.29, 1.82) is 0 Å². The van der Waals surface area contributed by atoms with E-state index < -0.39 is 0 Å². The first-order valence-electron chi connectivity index (χ1n) is 7.30. The highest BCUT2D eigenvalue weighted by molar-refractivity contribution is 9.10. The second kappa shape index (κ2) is 5.19. The third-order valence-corrected chi connectivity index (χ3v) is 4.58. The summed E-state index contributed by atoms with van der Waals surface area (Å²) in [6.07, 6.45) is 2.59. The van der Waals surface area contributed by atoms with E-state index in [9.17, 15) is 0 Å². The Morgan fingerprint density at radius 3 is 2.52 bits per heavy atom. The Morgan fingerprint density at radius 1 is 1.00 bits per heavy atom. The van der Waals surface area contributed by atoms with Crippen molar-refractivity contribution in [3.8, 4) is 11.4 Å². The highest BCUT2D eigenvalue weighted by Crippen LogP contribution is 2.27. The molecular formula is C17H16BrN3. The standard InChI is InChI=1S/C17H16BrN3/c18-13-5-3-12(4-6-13)17-19-15-8-7-14(11-16(15)20-17)21-9-1-2-10-21/h3-8,11H,1-2,9-10H2,(H,19,20). The van der Waals surface area contributed by atoms with Crippen LogP contribution in [0.2, 0.25) is 0 Å². The summed E-state index contributed by atoms with van der Waals surface area (Å²) in [6, 6.07) is 14.7. The van der Waals surface area contributed by atoms with Crippen LogP contribution in [-0.4, -0.2) is 23.1 Å². The van der Waals surface area contributed by atoms with Crippen molar-refractivity contribution < 1.29 is 0 Å². The lowest BCUT2D eigenvalue weighted by atomic mass is 10.2. The van der Waals surface area contributed by atoms with Gasteiger partial charge in [-0.15, -0.1) is 0 Å². The number of imidazole rings is 1. The van der Waals surface area contributed by atoms with E-state index in [0.29, 0.717) is 0 Å². The van der Waals surface area contributed by atoms with Crippen LogP contribution >= 0.6 is 15.9 Å². The molecule has 1 fully saturated rings. The molecule has 2 aromatic carbocycles. The topological polar surface area (TPSA) is 31.9 Å². The number of rotatable bonds is 2. The molecule has 0 radical (unpaired) electrons. The molecule has 106 valence electrons. The van der Waals surface area contributed by atoms with E-state index in [2.05, 4.69) is 56.1 Å². The van der Waals surface area contributed by atoms with Gasteiger partial charge in [-0.25, -0.2) is 4.98 Å². The summed E-state index contributed by atoms with van der Waals surface area (Å²) in [5, 5.41) is 0. The minimum atomic E-state index is 0.927. The first-order valence-corrected chi connectivity index (χ1v) is 8.09. The lowest BCUT2D eigenvalue weighted by Crippen LogP contribution is -2.17. The summed E-state index contributed by atoms with van der Waals surface area (Å²) >= 11 is 3.46. The molecule has 1 aromatic heterocycles.